The number of carbonyl (C=O) groups excluding carboxylic acids is 1. The molecule has 0 amide bonds. The molecule has 4 rings (SSSR count). The number of rotatable bonds is 5. The quantitative estimate of drug-likeness (QED) is 0.699. The fourth-order valence-corrected chi connectivity index (χ4v) is 3.07. The number of thiophene rings is 1. The van der Waals surface area contributed by atoms with Gasteiger partial charge in [0.05, 0.1) is 17.5 Å². The van der Waals surface area contributed by atoms with Crippen molar-refractivity contribution >= 4 is 35.1 Å². The first-order chi connectivity index (χ1) is 11.2. The first kappa shape index (κ1) is 13.9. The molecule has 116 valence electrons. The van der Waals surface area contributed by atoms with Crippen LogP contribution in [0.2, 0.25) is 0 Å². The fourth-order valence-electron chi connectivity index (χ4n) is 2.33. The number of aromatic nitrogens is 3. The zero-order chi connectivity index (χ0) is 16.0. The summed E-state index contributed by atoms with van der Waals surface area (Å²) in [6, 6.07) is 3.83. The molecule has 3 heterocycles. The molecule has 0 radical (unpaired) electrons. The zero-order valence-corrected chi connectivity index (χ0v) is 12.7. The van der Waals surface area contributed by atoms with Crippen LogP contribution in [-0.2, 0) is 0 Å². The minimum absolute atomic E-state index is 0.252. The Morgan fingerprint density at radius 2 is 2.26 bits per heavy atom. The number of carbonyl (C=O) groups is 2. The summed E-state index contributed by atoms with van der Waals surface area (Å²) >= 11 is 1.15. The number of nitrogens with zero attached hydrogens (tertiary/aromatic N) is 3. The Bertz CT molecular complexity index is 926. The van der Waals surface area contributed by atoms with Crippen molar-refractivity contribution in [2.75, 3.05) is 5.32 Å². The highest BCUT2D eigenvalue weighted by atomic mass is 32.1. The molecule has 1 fully saturated rings. The van der Waals surface area contributed by atoms with Crippen LogP contribution in [0.1, 0.15) is 32.9 Å². The Labute approximate surface area is 134 Å². The van der Waals surface area contributed by atoms with Crippen LogP contribution in [0.15, 0.2) is 23.7 Å². The molecule has 3 aromatic rings. The summed E-state index contributed by atoms with van der Waals surface area (Å²) in [5, 5.41) is 18.4. The van der Waals surface area contributed by atoms with Crippen LogP contribution in [0.5, 0.6) is 0 Å². The predicted octanol–water partition coefficient (Wildman–Crippen LogP) is 2.54. The van der Waals surface area contributed by atoms with Crippen molar-refractivity contribution in [2.45, 2.75) is 18.9 Å². The SMILES string of the molecule is O=Cc1cnn2c(NC3CC3)cc(-c3csc(C(=O)O)c3)nc12. The maximum Gasteiger partial charge on any atom is 0.345 e. The van der Waals surface area contributed by atoms with Gasteiger partial charge in [0, 0.05) is 23.1 Å². The molecular formula is C15H12N4O3S. The number of hydrogen-bond donors (Lipinski definition) is 2. The fraction of sp³-hybridized carbons (Fsp3) is 0.200. The molecule has 1 aliphatic rings. The summed E-state index contributed by atoms with van der Waals surface area (Å²) in [6.07, 6.45) is 4.40. The van der Waals surface area contributed by atoms with Crippen LogP contribution >= 0.6 is 11.3 Å². The van der Waals surface area contributed by atoms with Crippen molar-refractivity contribution in [3.8, 4) is 11.3 Å². The second-order valence-electron chi connectivity index (χ2n) is 5.40. The van der Waals surface area contributed by atoms with Crippen LogP contribution in [-0.4, -0.2) is 38.0 Å². The van der Waals surface area contributed by atoms with E-state index < -0.39 is 5.97 Å². The molecule has 2 N–H and O–H groups in total. The summed E-state index contributed by atoms with van der Waals surface area (Å²) < 4.78 is 1.61. The second kappa shape index (κ2) is 5.17. The van der Waals surface area contributed by atoms with Gasteiger partial charge in [-0.25, -0.2) is 9.78 Å². The van der Waals surface area contributed by atoms with Crippen molar-refractivity contribution < 1.29 is 14.7 Å². The zero-order valence-electron chi connectivity index (χ0n) is 11.9. The standard InChI is InChI=1S/C15H12N4O3S/c20-6-9-5-16-19-13(17-10-1-2-10)4-11(18-14(9)19)8-3-12(15(21)22)23-7-8/h3-7,10,17H,1-2H2,(H,21,22). The van der Waals surface area contributed by atoms with Crippen molar-refractivity contribution in [3.05, 3.63) is 34.2 Å². The Balaban J connectivity index is 1.87. The van der Waals surface area contributed by atoms with Crippen LogP contribution in [0, 0.1) is 0 Å². The molecular weight excluding hydrogens is 316 g/mol. The van der Waals surface area contributed by atoms with Gasteiger partial charge in [-0.1, -0.05) is 0 Å². The number of carboxylic acids is 1. The van der Waals surface area contributed by atoms with E-state index in [4.69, 9.17) is 5.11 Å². The average molecular weight is 328 g/mol. The molecule has 7 nitrogen and oxygen atoms in total. The Hall–Kier alpha value is -2.74. The number of hydrogen-bond acceptors (Lipinski definition) is 6. The summed E-state index contributed by atoms with van der Waals surface area (Å²) in [5.41, 5.74) is 2.20. The lowest BCUT2D eigenvalue weighted by Gasteiger charge is -2.09. The largest absolute Gasteiger partial charge is 0.477 e. The van der Waals surface area contributed by atoms with Crippen LogP contribution < -0.4 is 5.32 Å². The van der Waals surface area contributed by atoms with E-state index in [1.165, 1.54) is 6.20 Å². The Morgan fingerprint density at radius 3 is 2.91 bits per heavy atom. The van der Waals surface area contributed by atoms with Gasteiger partial charge in [0.1, 0.15) is 10.7 Å². The van der Waals surface area contributed by atoms with Crippen molar-refractivity contribution in [1.82, 2.24) is 14.6 Å². The highest BCUT2D eigenvalue weighted by Crippen LogP contribution is 2.30. The molecule has 0 aromatic carbocycles. The molecule has 0 bridgehead atoms. The lowest BCUT2D eigenvalue weighted by molar-refractivity contribution is 0.0702. The molecule has 0 spiro atoms. The van der Waals surface area contributed by atoms with Crippen molar-refractivity contribution in [3.63, 3.8) is 0 Å². The lowest BCUT2D eigenvalue weighted by atomic mass is 10.2. The van der Waals surface area contributed by atoms with Gasteiger partial charge in [-0.2, -0.15) is 9.61 Å². The predicted molar refractivity (Wildman–Crippen MR) is 85.3 cm³/mol. The van der Waals surface area contributed by atoms with Gasteiger partial charge in [0.15, 0.2) is 11.9 Å². The minimum Gasteiger partial charge on any atom is -0.477 e. The summed E-state index contributed by atoms with van der Waals surface area (Å²) in [5.74, 6) is -0.208. The smallest absolute Gasteiger partial charge is 0.345 e. The van der Waals surface area contributed by atoms with E-state index in [1.807, 2.05) is 6.07 Å². The summed E-state index contributed by atoms with van der Waals surface area (Å²) in [6.45, 7) is 0. The number of aromatic carboxylic acids is 1. The number of nitrogens with one attached hydrogen (secondary N) is 1. The molecule has 3 aromatic heterocycles. The maximum absolute atomic E-state index is 11.2. The first-order valence-electron chi connectivity index (χ1n) is 7.08. The van der Waals surface area contributed by atoms with E-state index in [2.05, 4.69) is 15.4 Å². The summed E-state index contributed by atoms with van der Waals surface area (Å²) in [7, 11) is 0. The van der Waals surface area contributed by atoms with Gasteiger partial charge in [-0.15, -0.1) is 11.3 Å². The number of anilines is 1. The van der Waals surface area contributed by atoms with E-state index in [0.717, 1.165) is 36.3 Å². The van der Waals surface area contributed by atoms with Gasteiger partial charge in [0.25, 0.3) is 0 Å². The van der Waals surface area contributed by atoms with Gasteiger partial charge in [0.2, 0.25) is 0 Å². The van der Waals surface area contributed by atoms with E-state index >= 15 is 0 Å². The van der Waals surface area contributed by atoms with Gasteiger partial charge < -0.3 is 10.4 Å². The third-order valence-corrected chi connectivity index (χ3v) is 4.58. The average Bonchev–Trinajstić information content (AvgIpc) is 3.06. The van der Waals surface area contributed by atoms with Crippen molar-refractivity contribution in [2.24, 2.45) is 0 Å². The van der Waals surface area contributed by atoms with Crippen LogP contribution in [0.25, 0.3) is 16.9 Å². The lowest BCUT2D eigenvalue weighted by Crippen LogP contribution is -2.08. The molecule has 8 heteroatoms. The molecule has 0 aliphatic heterocycles. The van der Waals surface area contributed by atoms with Gasteiger partial charge >= 0.3 is 5.97 Å². The van der Waals surface area contributed by atoms with Crippen molar-refractivity contribution in [1.29, 1.82) is 0 Å². The number of carboxylic acid groups (broad SMARTS) is 1. The normalized spacial score (nSPS) is 14.1. The molecule has 0 saturated heterocycles. The molecule has 23 heavy (non-hydrogen) atoms. The number of aldehydes is 1. The molecule has 1 saturated carbocycles. The Kier molecular flexibility index (Phi) is 3.12. The van der Waals surface area contributed by atoms with Gasteiger partial charge in [-0.05, 0) is 18.9 Å². The van der Waals surface area contributed by atoms with E-state index in [1.54, 1.807) is 16.0 Å². The molecule has 0 unspecified atom stereocenters. The van der Waals surface area contributed by atoms with E-state index in [0.29, 0.717) is 28.5 Å². The minimum atomic E-state index is -0.961. The first-order valence-corrected chi connectivity index (χ1v) is 7.96. The molecule has 0 atom stereocenters. The monoisotopic (exact) mass is 328 g/mol. The molecule has 1 aliphatic carbocycles. The second-order valence-corrected chi connectivity index (χ2v) is 6.31. The highest BCUT2D eigenvalue weighted by molar-refractivity contribution is 7.12. The van der Waals surface area contributed by atoms with E-state index in [9.17, 15) is 9.59 Å². The summed E-state index contributed by atoms with van der Waals surface area (Å²) in [4.78, 5) is 27.0. The third kappa shape index (κ3) is 2.46. The van der Waals surface area contributed by atoms with E-state index in [-0.39, 0.29) is 4.88 Å². The highest BCUT2D eigenvalue weighted by Gasteiger charge is 2.23. The van der Waals surface area contributed by atoms with Gasteiger partial charge in [-0.3, -0.25) is 4.79 Å². The number of fused-ring (bicyclic) bond motifs is 1. The Morgan fingerprint density at radius 1 is 1.43 bits per heavy atom. The maximum atomic E-state index is 11.2. The third-order valence-electron chi connectivity index (χ3n) is 3.66. The topological polar surface area (TPSA) is 96.6 Å². The van der Waals surface area contributed by atoms with Crippen LogP contribution in [0.4, 0.5) is 5.82 Å². The van der Waals surface area contributed by atoms with Crippen LogP contribution in [0.3, 0.4) is 0 Å².